The van der Waals surface area contributed by atoms with Gasteiger partial charge in [-0.2, -0.15) is 4.98 Å². The number of nitrogens with zero attached hydrogens (tertiary/aromatic N) is 4. The van der Waals surface area contributed by atoms with E-state index >= 15 is 0 Å². The molecule has 0 aliphatic carbocycles. The second kappa shape index (κ2) is 8.97. The number of hydrogen-bond acceptors (Lipinski definition) is 4. The highest BCUT2D eigenvalue weighted by Gasteiger charge is 2.27. The number of fused-ring (bicyclic) bond motifs is 1. The van der Waals surface area contributed by atoms with Crippen molar-refractivity contribution in [2.75, 3.05) is 18.0 Å². The lowest BCUT2D eigenvalue weighted by Crippen LogP contribution is -2.40. The molecule has 7 heteroatoms. The number of aromatic amines is 1. The van der Waals surface area contributed by atoms with Crippen LogP contribution >= 0.6 is 0 Å². The van der Waals surface area contributed by atoms with Crippen molar-refractivity contribution >= 4 is 17.1 Å². The molecule has 0 aromatic carbocycles. The minimum atomic E-state index is -0.409. The first-order valence-corrected chi connectivity index (χ1v) is 10.9. The first-order valence-electron chi connectivity index (χ1n) is 10.9. The summed E-state index contributed by atoms with van der Waals surface area (Å²) < 4.78 is 3.51. The largest absolute Gasteiger partial charge is 0.342 e. The third-order valence-electron chi connectivity index (χ3n) is 5.87. The number of nitrogens with one attached hydrogen (secondary N) is 1. The van der Waals surface area contributed by atoms with E-state index < -0.39 is 5.69 Å². The average Bonchev–Trinajstić information content (AvgIpc) is 3.02. The van der Waals surface area contributed by atoms with Crippen LogP contribution in [0.1, 0.15) is 65.7 Å². The predicted molar refractivity (Wildman–Crippen MR) is 114 cm³/mol. The standard InChI is InChI=1S/C21H35N5O2/c1-5-6-7-8-9-10-11-26-17-18(24(4)21(28)23-19(17)27)22-20(26)25-13-15(2)12-16(3)14-25/h15-16H,5-14H2,1-4H3,(H,23,27,28). The highest BCUT2D eigenvalue weighted by atomic mass is 16.2. The van der Waals surface area contributed by atoms with Crippen molar-refractivity contribution in [3.8, 4) is 0 Å². The Kier molecular flexibility index (Phi) is 6.62. The maximum Gasteiger partial charge on any atom is 0.329 e. The van der Waals surface area contributed by atoms with E-state index in [9.17, 15) is 9.59 Å². The van der Waals surface area contributed by atoms with E-state index in [1.54, 1.807) is 7.05 Å². The van der Waals surface area contributed by atoms with Gasteiger partial charge in [0.1, 0.15) is 0 Å². The van der Waals surface area contributed by atoms with Crippen LogP contribution in [0, 0.1) is 11.8 Å². The van der Waals surface area contributed by atoms with Crippen LogP contribution in [0.3, 0.4) is 0 Å². The fourth-order valence-corrected chi connectivity index (χ4v) is 4.55. The van der Waals surface area contributed by atoms with Gasteiger partial charge in [-0.3, -0.25) is 14.3 Å². The van der Waals surface area contributed by atoms with Crippen molar-refractivity contribution in [3.05, 3.63) is 20.8 Å². The lowest BCUT2D eigenvalue weighted by Gasteiger charge is -2.35. The second-order valence-electron chi connectivity index (χ2n) is 8.67. The summed E-state index contributed by atoms with van der Waals surface area (Å²) >= 11 is 0. The fraction of sp³-hybridized carbons (Fsp3) is 0.762. The van der Waals surface area contributed by atoms with E-state index in [2.05, 4.69) is 35.2 Å². The summed E-state index contributed by atoms with van der Waals surface area (Å²) in [6.45, 7) is 9.41. The molecule has 3 heterocycles. The Balaban J connectivity index is 1.94. The van der Waals surface area contributed by atoms with Crippen molar-refractivity contribution in [3.63, 3.8) is 0 Å². The van der Waals surface area contributed by atoms with Gasteiger partial charge in [0.05, 0.1) is 0 Å². The third-order valence-corrected chi connectivity index (χ3v) is 5.87. The Hall–Kier alpha value is -2.05. The van der Waals surface area contributed by atoms with Crippen molar-refractivity contribution in [2.45, 2.75) is 72.3 Å². The van der Waals surface area contributed by atoms with Gasteiger partial charge < -0.3 is 9.47 Å². The van der Waals surface area contributed by atoms with Crippen LogP contribution in [0.2, 0.25) is 0 Å². The minimum Gasteiger partial charge on any atom is -0.342 e. The Labute approximate surface area is 166 Å². The topological polar surface area (TPSA) is 75.9 Å². The first kappa shape index (κ1) is 20.7. The summed E-state index contributed by atoms with van der Waals surface area (Å²) in [6.07, 6.45) is 8.40. The van der Waals surface area contributed by atoms with E-state index in [0.717, 1.165) is 38.4 Å². The molecule has 3 rings (SSSR count). The molecule has 28 heavy (non-hydrogen) atoms. The molecule has 0 spiro atoms. The number of imidazole rings is 1. The van der Waals surface area contributed by atoms with Crippen LogP contribution in [0.5, 0.6) is 0 Å². The van der Waals surface area contributed by atoms with E-state index in [0.29, 0.717) is 23.0 Å². The molecule has 2 atom stereocenters. The van der Waals surface area contributed by atoms with Gasteiger partial charge in [0.25, 0.3) is 5.56 Å². The SMILES string of the molecule is CCCCCCCCn1c(N2CC(C)CC(C)C2)nc2c1c(=O)[nH]c(=O)n2C. The van der Waals surface area contributed by atoms with Gasteiger partial charge in [0.15, 0.2) is 11.2 Å². The summed E-state index contributed by atoms with van der Waals surface area (Å²) in [7, 11) is 1.67. The van der Waals surface area contributed by atoms with Crippen molar-refractivity contribution in [1.82, 2.24) is 19.1 Å². The van der Waals surface area contributed by atoms with E-state index in [-0.39, 0.29) is 5.56 Å². The Morgan fingerprint density at radius 1 is 1.04 bits per heavy atom. The first-order chi connectivity index (χ1) is 13.4. The molecule has 1 aliphatic rings. The molecule has 1 saturated heterocycles. The van der Waals surface area contributed by atoms with Gasteiger partial charge >= 0.3 is 5.69 Å². The molecule has 2 aromatic rings. The molecule has 1 fully saturated rings. The number of hydrogen-bond donors (Lipinski definition) is 1. The molecule has 0 radical (unpaired) electrons. The van der Waals surface area contributed by atoms with Gasteiger partial charge in [-0.1, -0.05) is 52.9 Å². The number of piperidine rings is 1. The number of unbranched alkanes of at least 4 members (excludes halogenated alkanes) is 5. The number of H-pyrrole nitrogens is 1. The van der Waals surface area contributed by atoms with E-state index in [1.807, 2.05) is 0 Å². The molecule has 1 N–H and O–H groups in total. The molecule has 0 amide bonds. The third kappa shape index (κ3) is 4.33. The maximum atomic E-state index is 12.6. The summed E-state index contributed by atoms with van der Waals surface area (Å²) in [4.78, 5) is 34.2. The Morgan fingerprint density at radius 2 is 1.68 bits per heavy atom. The molecule has 0 bridgehead atoms. The van der Waals surface area contributed by atoms with Gasteiger partial charge in [0.2, 0.25) is 5.95 Å². The number of aromatic nitrogens is 4. The smallest absolute Gasteiger partial charge is 0.329 e. The highest BCUT2D eigenvalue weighted by molar-refractivity contribution is 5.74. The lowest BCUT2D eigenvalue weighted by atomic mass is 9.92. The molecular formula is C21H35N5O2. The Bertz CT molecular complexity index is 900. The molecule has 156 valence electrons. The highest BCUT2D eigenvalue weighted by Crippen LogP contribution is 2.28. The van der Waals surface area contributed by atoms with Crippen LogP contribution in [0.15, 0.2) is 9.59 Å². The quantitative estimate of drug-likeness (QED) is 0.703. The van der Waals surface area contributed by atoms with Crippen LogP contribution < -0.4 is 16.1 Å². The van der Waals surface area contributed by atoms with Crippen molar-refractivity contribution < 1.29 is 0 Å². The molecule has 7 nitrogen and oxygen atoms in total. The monoisotopic (exact) mass is 389 g/mol. The summed E-state index contributed by atoms with van der Waals surface area (Å²) in [6, 6.07) is 0. The summed E-state index contributed by atoms with van der Waals surface area (Å²) in [5.74, 6) is 2.02. The van der Waals surface area contributed by atoms with Crippen molar-refractivity contribution in [2.24, 2.45) is 18.9 Å². The van der Waals surface area contributed by atoms with Crippen LogP contribution in [-0.2, 0) is 13.6 Å². The second-order valence-corrected chi connectivity index (χ2v) is 8.67. The number of aryl methyl sites for hydroxylation is 2. The molecular weight excluding hydrogens is 354 g/mol. The van der Waals surface area contributed by atoms with Crippen LogP contribution in [0.25, 0.3) is 11.2 Å². The van der Waals surface area contributed by atoms with Gasteiger partial charge in [-0.15, -0.1) is 0 Å². The van der Waals surface area contributed by atoms with Gasteiger partial charge in [-0.25, -0.2) is 4.79 Å². The zero-order valence-corrected chi connectivity index (χ0v) is 17.8. The molecule has 2 aromatic heterocycles. The Morgan fingerprint density at radius 3 is 2.36 bits per heavy atom. The molecule has 1 aliphatic heterocycles. The molecule has 2 unspecified atom stereocenters. The van der Waals surface area contributed by atoms with Gasteiger partial charge in [0, 0.05) is 26.7 Å². The van der Waals surface area contributed by atoms with E-state index in [4.69, 9.17) is 4.98 Å². The minimum absolute atomic E-state index is 0.332. The van der Waals surface area contributed by atoms with Crippen LogP contribution in [0.4, 0.5) is 5.95 Å². The van der Waals surface area contributed by atoms with E-state index in [1.165, 1.54) is 36.7 Å². The lowest BCUT2D eigenvalue weighted by molar-refractivity contribution is 0.351. The number of rotatable bonds is 8. The van der Waals surface area contributed by atoms with Crippen LogP contribution in [-0.4, -0.2) is 32.2 Å². The average molecular weight is 390 g/mol. The number of anilines is 1. The summed E-state index contributed by atoms with van der Waals surface area (Å²) in [5.41, 5.74) is 0.270. The van der Waals surface area contributed by atoms with Crippen molar-refractivity contribution in [1.29, 1.82) is 0 Å². The predicted octanol–water partition coefficient (Wildman–Crippen LogP) is 3.27. The zero-order valence-electron chi connectivity index (χ0n) is 17.8. The zero-order chi connectivity index (χ0) is 20.3. The summed E-state index contributed by atoms with van der Waals surface area (Å²) in [5, 5.41) is 0. The normalized spacial score (nSPS) is 20.2. The fourth-order valence-electron chi connectivity index (χ4n) is 4.55. The molecule has 0 saturated carbocycles. The maximum absolute atomic E-state index is 12.6. The van der Waals surface area contributed by atoms with Gasteiger partial charge in [-0.05, 0) is 24.7 Å².